The summed E-state index contributed by atoms with van der Waals surface area (Å²) < 4.78 is 6.72. The largest absolute Gasteiger partial charge is 0.492 e. The number of ether oxygens (including phenoxy) is 1. The van der Waals surface area contributed by atoms with Crippen LogP contribution in [0.3, 0.4) is 0 Å². The van der Waals surface area contributed by atoms with Crippen LogP contribution in [-0.4, -0.2) is 38.6 Å². The van der Waals surface area contributed by atoms with Gasteiger partial charge in [-0.25, -0.2) is 9.48 Å². The van der Waals surface area contributed by atoms with Crippen molar-refractivity contribution >= 4 is 23.5 Å². The predicted octanol–water partition coefficient (Wildman–Crippen LogP) is 1.27. The number of aromatic carboxylic acids is 1. The summed E-state index contributed by atoms with van der Waals surface area (Å²) >= 11 is 6.09. The molecule has 9 heteroatoms. The van der Waals surface area contributed by atoms with Gasteiger partial charge in [-0.1, -0.05) is 28.9 Å². The first-order valence-corrected chi connectivity index (χ1v) is 7.26. The van der Waals surface area contributed by atoms with Gasteiger partial charge in [-0.3, -0.25) is 4.79 Å². The average molecular weight is 337 g/mol. The number of amides is 1. The lowest BCUT2D eigenvalue weighted by Gasteiger charge is -2.27. The molecule has 0 bridgehead atoms. The molecule has 1 amide bonds. The molecule has 0 spiro atoms. The Balaban J connectivity index is 1.69. The molecule has 1 aliphatic rings. The van der Waals surface area contributed by atoms with Crippen LogP contribution >= 0.6 is 11.6 Å². The molecule has 2 aromatic rings. The molecule has 8 nitrogen and oxygen atoms in total. The Labute approximate surface area is 136 Å². The second-order valence-electron chi connectivity index (χ2n) is 5.02. The number of carboxylic acid groups (broad SMARTS) is 1. The van der Waals surface area contributed by atoms with Crippen LogP contribution in [0.15, 0.2) is 24.4 Å². The number of hydrogen-bond donors (Lipinski definition) is 2. The maximum atomic E-state index is 12.1. The topological polar surface area (TPSA) is 106 Å². The van der Waals surface area contributed by atoms with Gasteiger partial charge in [0.1, 0.15) is 12.3 Å². The summed E-state index contributed by atoms with van der Waals surface area (Å²) in [6, 6.07) is 5.16. The van der Waals surface area contributed by atoms with Crippen molar-refractivity contribution in [3.63, 3.8) is 0 Å². The molecule has 1 aromatic heterocycles. The molecule has 2 heterocycles. The van der Waals surface area contributed by atoms with E-state index in [-0.39, 0.29) is 24.2 Å². The van der Waals surface area contributed by atoms with E-state index in [1.165, 1.54) is 10.9 Å². The van der Waals surface area contributed by atoms with Crippen LogP contribution in [-0.2, 0) is 11.3 Å². The van der Waals surface area contributed by atoms with Crippen LogP contribution in [0.1, 0.15) is 28.5 Å². The summed E-state index contributed by atoms with van der Waals surface area (Å²) in [5.41, 5.74) is 0.614. The minimum absolute atomic E-state index is 0.118. The number of fused-ring (bicyclic) bond motifs is 1. The molecule has 120 valence electrons. The van der Waals surface area contributed by atoms with E-state index >= 15 is 0 Å². The van der Waals surface area contributed by atoms with Gasteiger partial charge in [0.25, 0.3) is 0 Å². The molecule has 1 aliphatic heterocycles. The molecule has 2 N–H and O–H groups in total. The number of hydrogen-bond acceptors (Lipinski definition) is 5. The Morgan fingerprint density at radius 3 is 3.04 bits per heavy atom. The van der Waals surface area contributed by atoms with Gasteiger partial charge in [0.2, 0.25) is 5.91 Å². The minimum atomic E-state index is -1.19. The third kappa shape index (κ3) is 3.26. The number of carbonyl (C=O) groups excluding carboxylic acids is 1. The summed E-state index contributed by atoms with van der Waals surface area (Å²) in [6.07, 6.45) is 1.83. The molecule has 1 unspecified atom stereocenters. The van der Waals surface area contributed by atoms with Gasteiger partial charge in [0.15, 0.2) is 5.69 Å². The van der Waals surface area contributed by atoms with Crippen LogP contribution in [0.4, 0.5) is 0 Å². The van der Waals surface area contributed by atoms with E-state index in [4.69, 9.17) is 21.4 Å². The van der Waals surface area contributed by atoms with E-state index in [9.17, 15) is 9.59 Å². The molecular formula is C14H13ClN4O4. The molecule has 0 aliphatic carbocycles. The van der Waals surface area contributed by atoms with Crippen molar-refractivity contribution in [2.45, 2.75) is 19.0 Å². The lowest BCUT2D eigenvalue weighted by Crippen LogP contribution is -2.34. The van der Waals surface area contributed by atoms with Crippen molar-refractivity contribution in [1.29, 1.82) is 0 Å². The summed E-state index contributed by atoms with van der Waals surface area (Å²) in [5.74, 6) is -0.908. The highest BCUT2D eigenvalue weighted by atomic mass is 35.5. The van der Waals surface area contributed by atoms with Gasteiger partial charge < -0.3 is 15.2 Å². The Bertz CT molecular complexity index is 761. The first-order valence-electron chi connectivity index (χ1n) is 6.88. The zero-order valence-electron chi connectivity index (χ0n) is 11.9. The van der Waals surface area contributed by atoms with Crippen molar-refractivity contribution in [2.24, 2.45) is 0 Å². The Morgan fingerprint density at radius 1 is 1.48 bits per heavy atom. The molecule has 1 aromatic carbocycles. The number of aromatic nitrogens is 3. The van der Waals surface area contributed by atoms with Gasteiger partial charge in [-0.05, 0) is 6.07 Å². The molecule has 0 fully saturated rings. The van der Waals surface area contributed by atoms with E-state index < -0.39 is 5.97 Å². The van der Waals surface area contributed by atoms with Gasteiger partial charge in [-0.15, -0.1) is 5.10 Å². The van der Waals surface area contributed by atoms with Crippen LogP contribution in [0, 0.1) is 0 Å². The maximum absolute atomic E-state index is 12.1. The zero-order chi connectivity index (χ0) is 16.4. The van der Waals surface area contributed by atoms with Gasteiger partial charge in [-0.2, -0.15) is 0 Å². The molecule has 0 radical (unpaired) electrons. The SMILES string of the molecule is O=C(Cn1cc(C(=O)O)nn1)NC1CCOc2c(Cl)cccc21. The summed E-state index contributed by atoms with van der Waals surface area (Å²) in [4.78, 5) is 22.9. The van der Waals surface area contributed by atoms with Gasteiger partial charge in [0.05, 0.1) is 23.9 Å². The zero-order valence-corrected chi connectivity index (χ0v) is 12.7. The average Bonchev–Trinajstić information content (AvgIpc) is 2.97. The van der Waals surface area contributed by atoms with E-state index in [1.807, 2.05) is 6.07 Å². The van der Waals surface area contributed by atoms with Gasteiger partial charge in [0, 0.05) is 12.0 Å². The van der Waals surface area contributed by atoms with Crippen molar-refractivity contribution in [3.8, 4) is 5.75 Å². The minimum Gasteiger partial charge on any atom is -0.492 e. The number of carbonyl (C=O) groups is 2. The highest BCUT2D eigenvalue weighted by molar-refractivity contribution is 6.32. The first-order chi connectivity index (χ1) is 11.0. The van der Waals surface area contributed by atoms with E-state index in [0.29, 0.717) is 23.8 Å². The van der Waals surface area contributed by atoms with Crippen molar-refractivity contribution < 1.29 is 19.4 Å². The van der Waals surface area contributed by atoms with Crippen molar-refractivity contribution in [1.82, 2.24) is 20.3 Å². The summed E-state index contributed by atoms with van der Waals surface area (Å²) in [5, 5.41) is 19.2. The molecule has 1 atom stereocenters. The van der Waals surface area contributed by atoms with Crippen molar-refractivity contribution in [3.05, 3.63) is 40.7 Å². The number of rotatable bonds is 4. The van der Waals surface area contributed by atoms with Crippen LogP contribution in [0.25, 0.3) is 0 Å². The number of benzene rings is 1. The number of halogens is 1. The monoisotopic (exact) mass is 336 g/mol. The second kappa shape index (κ2) is 6.25. The molecule has 23 heavy (non-hydrogen) atoms. The number of para-hydroxylation sites is 1. The lowest BCUT2D eigenvalue weighted by molar-refractivity contribution is -0.122. The van der Waals surface area contributed by atoms with Gasteiger partial charge >= 0.3 is 5.97 Å². The van der Waals surface area contributed by atoms with E-state index in [1.54, 1.807) is 12.1 Å². The van der Waals surface area contributed by atoms with E-state index in [0.717, 1.165) is 5.56 Å². The molecular weight excluding hydrogens is 324 g/mol. The first kappa shape index (κ1) is 15.3. The fourth-order valence-electron chi connectivity index (χ4n) is 2.40. The quantitative estimate of drug-likeness (QED) is 0.870. The maximum Gasteiger partial charge on any atom is 0.358 e. The molecule has 0 saturated heterocycles. The summed E-state index contributed by atoms with van der Waals surface area (Å²) in [7, 11) is 0. The lowest BCUT2D eigenvalue weighted by atomic mass is 10.0. The predicted molar refractivity (Wildman–Crippen MR) is 79.4 cm³/mol. The number of nitrogens with one attached hydrogen (secondary N) is 1. The standard InChI is InChI=1S/C14H13ClN4O4/c15-9-3-1-2-8-10(4-5-23-13(8)9)16-12(20)7-19-6-11(14(21)22)17-18-19/h1-3,6,10H,4-5,7H2,(H,16,20)(H,21,22). The highest BCUT2D eigenvalue weighted by Gasteiger charge is 2.24. The highest BCUT2D eigenvalue weighted by Crippen LogP contribution is 2.37. The Hall–Kier alpha value is -2.61. The smallest absolute Gasteiger partial charge is 0.358 e. The van der Waals surface area contributed by atoms with Crippen LogP contribution in [0.2, 0.25) is 5.02 Å². The fraction of sp³-hybridized carbons (Fsp3) is 0.286. The van der Waals surface area contributed by atoms with E-state index in [2.05, 4.69) is 15.6 Å². The molecule has 3 rings (SSSR count). The Kier molecular flexibility index (Phi) is 4.16. The van der Waals surface area contributed by atoms with Crippen LogP contribution in [0.5, 0.6) is 5.75 Å². The molecule has 0 saturated carbocycles. The Morgan fingerprint density at radius 2 is 2.30 bits per heavy atom. The number of nitrogens with zero attached hydrogens (tertiary/aromatic N) is 3. The number of carboxylic acids is 1. The fourth-order valence-corrected chi connectivity index (χ4v) is 2.63. The third-order valence-corrected chi connectivity index (χ3v) is 3.72. The summed E-state index contributed by atoms with van der Waals surface area (Å²) in [6.45, 7) is 0.335. The normalized spacial score (nSPS) is 16.3. The van der Waals surface area contributed by atoms with Crippen LogP contribution < -0.4 is 10.1 Å². The van der Waals surface area contributed by atoms with Crippen molar-refractivity contribution in [2.75, 3.05) is 6.61 Å². The second-order valence-corrected chi connectivity index (χ2v) is 5.43. The third-order valence-electron chi connectivity index (χ3n) is 3.42.